The Labute approximate surface area is 234 Å². The maximum Gasteiger partial charge on any atom is 0.408 e. The average molecular weight is 533 g/mol. The number of hydrogen-bond acceptors (Lipinski definition) is 5. The summed E-state index contributed by atoms with van der Waals surface area (Å²) in [4.78, 5) is 15.0. The summed E-state index contributed by atoms with van der Waals surface area (Å²) in [5.74, 6) is 1.75. The molecule has 1 atom stereocenters. The molecule has 3 aromatic rings. The molecule has 6 nitrogen and oxygen atoms in total. The van der Waals surface area contributed by atoms with Crippen molar-refractivity contribution in [2.75, 3.05) is 32.2 Å². The smallest absolute Gasteiger partial charge is 0.408 e. The van der Waals surface area contributed by atoms with Gasteiger partial charge in [0, 0.05) is 18.8 Å². The van der Waals surface area contributed by atoms with Crippen molar-refractivity contribution in [3.8, 4) is 11.5 Å². The Balaban J connectivity index is 1.73. The number of carbonyl (C=O) groups is 1. The summed E-state index contributed by atoms with van der Waals surface area (Å²) in [6.45, 7) is 9.45. The largest absolute Gasteiger partial charge is 0.497 e. The molecule has 1 amide bonds. The average Bonchev–Trinajstić information content (AvgIpc) is 2.92. The lowest BCUT2D eigenvalue weighted by atomic mass is 10.0. The lowest BCUT2D eigenvalue weighted by Crippen LogP contribution is -2.35. The van der Waals surface area contributed by atoms with Crippen LogP contribution in [-0.2, 0) is 17.6 Å². The van der Waals surface area contributed by atoms with Crippen molar-refractivity contribution in [3.05, 3.63) is 89.5 Å². The molecule has 0 aromatic heterocycles. The van der Waals surface area contributed by atoms with E-state index in [9.17, 15) is 4.79 Å². The second-order valence-electron chi connectivity index (χ2n) is 10.8. The quantitative estimate of drug-likeness (QED) is 0.249. The lowest BCUT2D eigenvalue weighted by Gasteiger charge is -2.30. The molecule has 0 bridgehead atoms. The Morgan fingerprint density at radius 3 is 1.74 bits per heavy atom. The van der Waals surface area contributed by atoms with Crippen molar-refractivity contribution in [1.29, 1.82) is 0 Å². The topological polar surface area (TPSA) is 60.0 Å². The number of aryl methyl sites for hydroxylation is 2. The number of para-hydroxylation sites is 1. The summed E-state index contributed by atoms with van der Waals surface area (Å²) in [6.07, 6.45) is 3.57. The first-order valence-corrected chi connectivity index (χ1v) is 13.8. The molecular formula is C33H44N2O4. The Bertz CT molecular complexity index is 1100. The van der Waals surface area contributed by atoms with Crippen LogP contribution in [0.1, 0.15) is 63.3 Å². The molecule has 1 unspecified atom stereocenters. The van der Waals surface area contributed by atoms with Gasteiger partial charge in [-0.1, -0.05) is 42.5 Å². The molecule has 1 N–H and O–H groups in total. The van der Waals surface area contributed by atoms with E-state index in [4.69, 9.17) is 14.2 Å². The summed E-state index contributed by atoms with van der Waals surface area (Å²) in [5, 5.41) is 3.02. The van der Waals surface area contributed by atoms with E-state index in [0.717, 1.165) is 61.5 Å². The zero-order valence-corrected chi connectivity index (χ0v) is 24.3. The molecule has 210 valence electrons. The van der Waals surface area contributed by atoms with Crippen molar-refractivity contribution in [2.24, 2.45) is 0 Å². The van der Waals surface area contributed by atoms with Crippen LogP contribution in [0.4, 0.5) is 10.5 Å². The normalized spacial score (nSPS) is 11.9. The summed E-state index contributed by atoms with van der Waals surface area (Å²) in [7, 11) is 3.38. The van der Waals surface area contributed by atoms with Gasteiger partial charge >= 0.3 is 6.09 Å². The maximum atomic E-state index is 12.5. The van der Waals surface area contributed by atoms with E-state index in [1.807, 2.05) is 58.0 Å². The van der Waals surface area contributed by atoms with Gasteiger partial charge < -0.3 is 24.4 Å². The van der Waals surface area contributed by atoms with E-state index in [1.165, 1.54) is 11.1 Å². The highest BCUT2D eigenvalue weighted by Gasteiger charge is 2.21. The van der Waals surface area contributed by atoms with Gasteiger partial charge in [-0.2, -0.15) is 0 Å². The number of anilines is 1. The number of methoxy groups -OCH3 is 2. The third-order valence-electron chi connectivity index (χ3n) is 6.58. The monoisotopic (exact) mass is 532 g/mol. The number of nitrogens with zero attached hydrogens (tertiary/aromatic N) is 1. The number of amides is 1. The lowest BCUT2D eigenvalue weighted by molar-refractivity contribution is 0.0508. The Morgan fingerprint density at radius 2 is 1.28 bits per heavy atom. The van der Waals surface area contributed by atoms with Gasteiger partial charge in [-0.25, -0.2) is 4.79 Å². The van der Waals surface area contributed by atoms with E-state index in [1.54, 1.807) is 14.2 Å². The van der Waals surface area contributed by atoms with Crippen LogP contribution >= 0.6 is 0 Å². The van der Waals surface area contributed by atoms with Crippen molar-refractivity contribution < 1.29 is 19.0 Å². The first-order chi connectivity index (χ1) is 18.7. The van der Waals surface area contributed by atoms with Crippen LogP contribution in [0.5, 0.6) is 11.5 Å². The minimum Gasteiger partial charge on any atom is -0.497 e. The fourth-order valence-corrected chi connectivity index (χ4v) is 4.59. The molecule has 3 rings (SSSR count). The summed E-state index contributed by atoms with van der Waals surface area (Å²) < 4.78 is 16.1. The number of rotatable bonds is 13. The zero-order chi connectivity index (χ0) is 28.3. The highest BCUT2D eigenvalue weighted by molar-refractivity contribution is 5.69. The number of ether oxygens (including phenoxy) is 3. The second kappa shape index (κ2) is 14.5. The highest BCUT2D eigenvalue weighted by Crippen LogP contribution is 2.28. The van der Waals surface area contributed by atoms with Gasteiger partial charge in [-0.05, 0) is 100 Å². The number of carbonyl (C=O) groups excluding carboxylic acids is 1. The summed E-state index contributed by atoms with van der Waals surface area (Å²) >= 11 is 0. The van der Waals surface area contributed by atoms with Gasteiger partial charge in [0.2, 0.25) is 0 Å². The second-order valence-corrected chi connectivity index (χ2v) is 10.8. The van der Waals surface area contributed by atoms with Crippen LogP contribution in [0.15, 0.2) is 72.8 Å². The number of alkyl carbamates (subject to hydrolysis) is 1. The molecule has 39 heavy (non-hydrogen) atoms. The summed E-state index contributed by atoms with van der Waals surface area (Å²) in [6, 6.07) is 24.7. The van der Waals surface area contributed by atoms with Crippen LogP contribution < -0.4 is 19.7 Å². The Kier molecular flexibility index (Phi) is 11.1. The molecule has 3 aromatic carbocycles. The standard InChI is InChI=1S/C33H44N2O4/c1-25(34-32(36)39-33(2,3)4)30-13-7-8-14-31(30)35(23-9-11-26-15-19-28(37-5)20-16-26)24-10-12-27-17-21-29(38-6)22-18-27/h7-8,13-22,25H,9-12,23-24H2,1-6H3,(H,34,36). The van der Waals surface area contributed by atoms with E-state index in [-0.39, 0.29) is 6.04 Å². The van der Waals surface area contributed by atoms with Gasteiger partial charge in [-0.3, -0.25) is 0 Å². The van der Waals surface area contributed by atoms with Crippen molar-refractivity contribution in [3.63, 3.8) is 0 Å². The number of hydrogen-bond donors (Lipinski definition) is 1. The van der Waals surface area contributed by atoms with Crippen LogP contribution in [0, 0.1) is 0 Å². The van der Waals surface area contributed by atoms with Crippen molar-refractivity contribution in [2.45, 2.75) is 65.0 Å². The van der Waals surface area contributed by atoms with E-state index < -0.39 is 11.7 Å². The molecule has 0 saturated carbocycles. The van der Waals surface area contributed by atoms with Crippen LogP contribution in [-0.4, -0.2) is 39.0 Å². The van der Waals surface area contributed by atoms with Crippen LogP contribution in [0.25, 0.3) is 0 Å². The molecule has 0 spiro atoms. The minimum absolute atomic E-state index is 0.193. The maximum absolute atomic E-state index is 12.5. The van der Waals surface area contributed by atoms with E-state index in [2.05, 4.69) is 52.7 Å². The van der Waals surface area contributed by atoms with Gasteiger partial charge in [0.25, 0.3) is 0 Å². The third-order valence-corrected chi connectivity index (χ3v) is 6.58. The highest BCUT2D eigenvalue weighted by atomic mass is 16.6. The molecule has 6 heteroatoms. The third kappa shape index (κ3) is 9.86. The van der Waals surface area contributed by atoms with Gasteiger partial charge in [0.05, 0.1) is 20.3 Å². The molecule has 0 aliphatic heterocycles. The van der Waals surface area contributed by atoms with Crippen molar-refractivity contribution >= 4 is 11.8 Å². The molecule has 0 radical (unpaired) electrons. The molecule has 0 fully saturated rings. The Hall–Kier alpha value is -3.67. The van der Waals surface area contributed by atoms with Gasteiger partial charge in [0.15, 0.2) is 0 Å². The zero-order valence-electron chi connectivity index (χ0n) is 24.3. The predicted molar refractivity (Wildman–Crippen MR) is 159 cm³/mol. The molecule has 0 aliphatic rings. The number of nitrogens with one attached hydrogen (secondary N) is 1. The van der Waals surface area contributed by atoms with Crippen molar-refractivity contribution in [1.82, 2.24) is 5.32 Å². The fourth-order valence-electron chi connectivity index (χ4n) is 4.59. The SMILES string of the molecule is COc1ccc(CCCN(CCCc2ccc(OC)cc2)c2ccccc2C(C)NC(=O)OC(C)(C)C)cc1. The van der Waals surface area contributed by atoms with E-state index in [0.29, 0.717) is 0 Å². The molecule has 0 heterocycles. The van der Waals surface area contributed by atoms with Crippen LogP contribution in [0.3, 0.4) is 0 Å². The first kappa shape index (κ1) is 29.9. The molecular weight excluding hydrogens is 488 g/mol. The number of benzene rings is 3. The summed E-state index contributed by atoms with van der Waals surface area (Å²) in [5.41, 5.74) is 4.27. The minimum atomic E-state index is -0.543. The molecule has 0 saturated heterocycles. The van der Waals surface area contributed by atoms with Gasteiger partial charge in [-0.15, -0.1) is 0 Å². The predicted octanol–water partition coefficient (Wildman–Crippen LogP) is 7.36. The van der Waals surface area contributed by atoms with Crippen LogP contribution in [0.2, 0.25) is 0 Å². The van der Waals surface area contributed by atoms with E-state index >= 15 is 0 Å². The van der Waals surface area contributed by atoms with Gasteiger partial charge in [0.1, 0.15) is 17.1 Å². The molecule has 0 aliphatic carbocycles. The first-order valence-electron chi connectivity index (χ1n) is 13.8. The fraction of sp³-hybridized carbons (Fsp3) is 0.424. The Morgan fingerprint density at radius 1 is 0.795 bits per heavy atom.